The third-order valence-corrected chi connectivity index (χ3v) is 11.2. The van der Waals surface area contributed by atoms with Gasteiger partial charge in [0.05, 0.1) is 22.1 Å². The highest BCUT2D eigenvalue weighted by Crippen LogP contribution is 2.44. The summed E-state index contributed by atoms with van der Waals surface area (Å²) in [5.74, 6) is 1.92. The van der Waals surface area contributed by atoms with E-state index < -0.39 is 0 Å². The number of rotatable bonds is 5. The quantitative estimate of drug-likeness (QED) is 0.177. The van der Waals surface area contributed by atoms with Gasteiger partial charge in [-0.15, -0.1) is 0 Å². The Bertz CT molecular complexity index is 3430. The van der Waals surface area contributed by atoms with E-state index in [0.717, 1.165) is 71.9 Å². The van der Waals surface area contributed by atoms with Crippen molar-refractivity contribution in [3.8, 4) is 45.5 Å². The monoisotopic (exact) mass is 729 g/mol. The number of furan rings is 1. The lowest BCUT2D eigenvalue weighted by molar-refractivity contribution is 0.669. The molecule has 6 heteroatoms. The fourth-order valence-corrected chi connectivity index (χ4v) is 8.59. The molecule has 4 aromatic heterocycles. The first-order valence-corrected chi connectivity index (χ1v) is 19.1. The zero-order valence-electron chi connectivity index (χ0n) is 30.5. The molecule has 0 aliphatic heterocycles. The topological polar surface area (TPSA) is 61.7 Å². The van der Waals surface area contributed by atoms with E-state index in [4.69, 9.17) is 19.4 Å². The van der Waals surface area contributed by atoms with Crippen molar-refractivity contribution in [1.29, 1.82) is 0 Å². The summed E-state index contributed by atoms with van der Waals surface area (Å²) < 4.78 is 11.2. The van der Waals surface area contributed by atoms with E-state index in [2.05, 4.69) is 124 Å². The Morgan fingerprint density at radius 1 is 0.333 bits per heavy atom. The second-order valence-electron chi connectivity index (χ2n) is 14.4. The Morgan fingerprint density at radius 3 is 1.58 bits per heavy atom. The highest BCUT2D eigenvalue weighted by Gasteiger charge is 2.22. The first kappa shape index (κ1) is 31.5. The van der Waals surface area contributed by atoms with Crippen LogP contribution in [-0.4, -0.2) is 24.1 Å². The predicted octanol–water partition coefficient (Wildman–Crippen LogP) is 13.0. The van der Waals surface area contributed by atoms with Crippen molar-refractivity contribution >= 4 is 65.6 Å². The number of benzene rings is 8. The molecule has 0 amide bonds. The molecule has 57 heavy (non-hydrogen) atoms. The lowest BCUT2D eigenvalue weighted by Gasteiger charge is -2.11. The SMILES string of the molecule is c1ccc(-c2nc(-c3ccccc3)nc(-c3ccc(-n4c5ccccc5c5c4ccc4c6cc7oc8ccccc8c7cc6n(-c6ccccc6)c45)cc3)n2)cc1. The van der Waals surface area contributed by atoms with Gasteiger partial charge in [0, 0.05) is 60.4 Å². The van der Waals surface area contributed by atoms with Crippen LogP contribution in [0.1, 0.15) is 0 Å². The Hall–Kier alpha value is -7.83. The highest BCUT2D eigenvalue weighted by molar-refractivity contribution is 6.27. The van der Waals surface area contributed by atoms with E-state index in [0.29, 0.717) is 17.5 Å². The minimum atomic E-state index is 0.629. The standard InChI is InChI=1S/C51H31N5O/c1-4-14-32(15-5-1)49-52-50(33-16-6-2-7-17-33)54-51(53-49)34-24-26-36(27-25-34)55-42-22-12-10-21-39(42)47-43(55)29-28-38-40-31-46-41(37-20-11-13-23-45(37)57-46)30-44(40)56(48(38)47)35-18-8-3-9-19-35/h1-31H. The number of nitrogens with zero attached hydrogens (tertiary/aromatic N) is 5. The Morgan fingerprint density at radius 2 is 0.895 bits per heavy atom. The predicted molar refractivity (Wildman–Crippen MR) is 232 cm³/mol. The maximum Gasteiger partial charge on any atom is 0.164 e. The summed E-state index contributed by atoms with van der Waals surface area (Å²) in [4.78, 5) is 14.8. The van der Waals surface area contributed by atoms with Gasteiger partial charge in [-0.25, -0.2) is 15.0 Å². The fourth-order valence-electron chi connectivity index (χ4n) is 8.59. The normalized spacial score (nSPS) is 11.9. The van der Waals surface area contributed by atoms with Crippen LogP contribution in [0.25, 0.3) is 111 Å². The molecule has 4 heterocycles. The molecule has 0 fully saturated rings. The van der Waals surface area contributed by atoms with Crippen LogP contribution in [-0.2, 0) is 0 Å². The summed E-state index contributed by atoms with van der Waals surface area (Å²) >= 11 is 0. The molecule has 12 aromatic rings. The van der Waals surface area contributed by atoms with E-state index in [9.17, 15) is 0 Å². The molecule has 0 atom stereocenters. The van der Waals surface area contributed by atoms with Crippen molar-refractivity contribution in [3.63, 3.8) is 0 Å². The van der Waals surface area contributed by atoms with E-state index in [1.54, 1.807) is 0 Å². The molecule has 0 radical (unpaired) electrons. The second kappa shape index (κ2) is 12.3. The van der Waals surface area contributed by atoms with Gasteiger partial charge in [-0.3, -0.25) is 0 Å². The summed E-state index contributed by atoms with van der Waals surface area (Å²) in [5, 5.41) is 6.96. The summed E-state index contributed by atoms with van der Waals surface area (Å²) in [6, 6.07) is 65.5. The van der Waals surface area contributed by atoms with Gasteiger partial charge >= 0.3 is 0 Å². The summed E-state index contributed by atoms with van der Waals surface area (Å²) in [5.41, 5.74) is 11.3. The van der Waals surface area contributed by atoms with Crippen molar-refractivity contribution in [2.24, 2.45) is 0 Å². The third-order valence-electron chi connectivity index (χ3n) is 11.2. The van der Waals surface area contributed by atoms with Gasteiger partial charge in [-0.2, -0.15) is 0 Å². The first-order chi connectivity index (χ1) is 28.3. The Balaban J connectivity index is 1.08. The smallest absolute Gasteiger partial charge is 0.164 e. The highest BCUT2D eigenvalue weighted by atomic mass is 16.3. The van der Waals surface area contributed by atoms with Crippen LogP contribution < -0.4 is 0 Å². The average Bonchev–Trinajstić information content (AvgIpc) is 3.93. The molecule has 266 valence electrons. The number of aromatic nitrogens is 5. The summed E-state index contributed by atoms with van der Waals surface area (Å²) in [6.45, 7) is 0. The van der Waals surface area contributed by atoms with Crippen LogP contribution in [0.2, 0.25) is 0 Å². The van der Waals surface area contributed by atoms with Gasteiger partial charge in [-0.05, 0) is 66.7 Å². The maximum absolute atomic E-state index is 6.42. The van der Waals surface area contributed by atoms with Crippen molar-refractivity contribution < 1.29 is 4.42 Å². The maximum atomic E-state index is 6.42. The molecule has 0 aliphatic rings. The van der Waals surface area contributed by atoms with E-state index in [-0.39, 0.29) is 0 Å². The van der Waals surface area contributed by atoms with E-state index >= 15 is 0 Å². The molecule has 0 aliphatic carbocycles. The fraction of sp³-hybridized carbons (Fsp3) is 0. The van der Waals surface area contributed by atoms with Crippen molar-refractivity contribution in [1.82, 2.24) is 24.1 Å². The van der Waals surface area contributed by atoms with Crippen LogP contribution in [0.4, 0.5) is 0 Å². The first-order valence-electron chi connectivity index (χ1n) is 19.1. The summed E-state index contributed by atoms with van der Waals surface area (Å²) in [6.07, 6.45) is 0. The van der Waals surface area contributed by atoms with Crippen LogP contribution >= 0.6 is 0 Å². The van der Waals surface area contributed by atoms with Crippen molar-refractivity contribution in [2.75, 3.05) is 0 Å². The van der Waals surface area contributed by atoms with Crippen LogP contribution in [0.15, 0.2) is 192 Å². The Kier molecular flexibility index (Phi) is 6.83. The molecule has 6 nitrogen and oxygen atoms in total. The number of fused-ring (bicyclic) bond motifs is 10. The lowest BCUT2D eigenvalue weighted by atomic mass is 10.1. The Labute approximate surface area is 326 Å². The molecule has 0 bridgehead atoms. The van der Waals surface area contributed by atoms with Crippen molar-refractivity contribution in [3.05, 3.63) is 188 Å². The third kappa shape index (κ3) is 4.87. The molecule has 0 saturated carbocycles. The lowest BCUT2D eigenvalue weighted by Crippen LogP contribution is -2.00. The molecule has 0 N–H and O–H groups in total. The number of para-hydroxylation sites is 3. The van der Waals surface area contributed by atoms with E-state index in [1.807, 2.05) is 72.8 Å². The van der Waals surface area contributed by atoms with Gasteiger partial charge < -0.3 is 13.6 Å². The second-order valence-corrected chi connectivity index (χ2v) is 14.4. The van der Waals surface area contributed by atoms with E-state index in [1.165, 1.54) is 21.7 Å². The van der Waals surface area contributed by atoms with Gasteiger partial charge in [0.2, 0.25) is 0 Å². The molecule has 0 unspecified atom stereocenters. The largest absolute Gasteiger partial charge is 0.456 e. The van der Waals surface area contributed by atoms with Crippen LogP contribution in [0.5, 0.6) is 0 Å². The van der Waals surface area contributed by atoms with Gasteiger partial charge in [0.25, 0.3) is 0 Å². The molecule has 0 saturated heterocycles. The number of hydrogen-bond donors (Lipinski definition) is 0. The van der Waals surface area contributed by atoms with Crippen LogP contribution in [0.3, 0.4) is 0 Å². The molecule has 0 spiro atoms. The summed E-state index contributed by atoms with van der Waals surface area (Å²) in [7, 11) is 0. The van der Waals surface area contributed by atoms with Crippen molar-refractivity contribution in [2.45, 2.75) is 0 Å². The van der Waals surface area contributed by atoms with Gasteiger partial charge in [-0.1, -0.05) is 121 Å². The zero-order valence-corrected chi connectivity index (χ0v) is 30.5. The molecule has 8 aromatic carbocycles. The van der Waals surface area contributed by atoms with Crippen LogP contribution in [0, 0.1) is 0 Å². The average molecular weight is 730 g/mol. The zero-order chi connectivity index (χ0) is 37.5. The molecular formula is C51H31N5O. The molecular weight excluding hydrogens is 699 g/mol. The molecule has 12 rings (SSSR count). The van der Waals surface area contributed by atoms with Gasteiger partial charge in [0.1, 0.15) is 11.2 Å². The minimum Gasteiger partial charge on any atom is -0.456 e. The number of hydrogen-bond acceptors (Lipinski definition) is 4. The van der Waals surface area contributed by atoms with Gasteiger partial charge in [0.15, 0.2) is 17.5 Å². The minimum absolute atomic E-state index is 0.629.